The topological polar surface area (TPSA) is 61.5 Å². The van der Waals surface area contributed by atoms with Gasteiger partial charge in [0.25, 0.3) is 0 Å². The van der Waals surface area contributed by atoms with Gasteiger partial charge in [-0.3, -0.25) is 10.5 Å². The van der Waals surface area contributed by atoms with Crippen LogP contribution in [-0.2, 0) is 11.2 Å². The number of fused-ring (bicyclic) bond motifs is 1. The second-order valence-electron chi connectivity index (χ2n) is 11.6. The van der Waals surface area contributed by atoms with Gasteiger partial charge in [0.15, 0.2) is 5.72 Å². The normalized spacial score (nSPS) is 19.5. The summed E-state index contributed by atoms with van der Waals surface area (Å²) >= 11 is 0. The summed E-state index contributed by atoms with van der Waals surface area (Å²) in [6.07, 6.45) is 13.0. The highest BCUT2D eigenvalue weighted by Crippen LogP contribution is 2.43. The quantitative estimate of drug-likeness (QED) is 0.233. The van der Waals surface area contributed by atoms with Crippen molar-refractivity contribution in [3.8, 4) is 11.5 Å². The average molecular weight is 474 g/mol. The number of ether oxygens (including phenoxy) is 2. The SMILES string of the molecule is CC(=O)Oc1c(C)c(C)c2c(c1C)CC[C@@](N)(CCCC(C)CCCC(C)CCCC(C)C)O2. The summed E-state index contributed by atoms with van der Waals surface area (Å²) in [6, 6.07) is 0. The molecule has 2 rings (SSSR count). The predicted octanol–water partition coefficient (Wildman–Crippen LogP) is 7.96. The van der Waals surface area contributed by atoms with E-state index >= 15 is 0 Å². The lowest BCUT2D eigenvalue weighted by Gasteiger charge is -2.38. The lowest BCUT2D eigenvalue weighted by molar-refractivity contribution is -0.132. The van der Waals surface area contributed by atoms with Crippen LogP contribution in [0.2, 0.25) is 0 Å². The van der Waals surface area contributed by atoms with Crippen LogP contribution in [0.25, 0.3) is 0 Å². The maximum Gasteiger partial charge on any atom is 0.308 e. The Bertz CT molecular complexity index is 816. The minimum atomic E-state index is -0.607. The third-order valence-corrected chi connectivity index (χ3v) is 7.83. The second-order valence-corrected chi connectivity index (χ2v) is 11.6. The molecule has 0 spiro atoms. The zero-order chi connectivity index (χ0) is 25.5. The van der Waals surface area contributed by atoms with Gasteiger partial charge in [-0.1, -0.05) is 72.6 Å². The summed E-state index contributed by atoms with van der Waals surface area (Å²) in [7, 11) is 0. The lowest BCUT2D eigenvalue weighted by Crippen LogP contribution is -2.48. The Kier molecular flexibility index (Phi) is 10.9. The van der Waals surface area contributed by atoms with Crippen LogP contribution in [0.1, 0.15) is 121 Å². The van der Waals surface area contributed by atoms with E-state index in [0.29, 0.717) is 5.75 Å². The number of hydrogen-bond acceptors (Lipinski definition) is 4. The highest BCUT2D eigenvalue weighted by Gasteiger charge is 2.35. The fourth-order valence-electron chi connectivity index (χ4n) is 5.39. The fourth-order valence-corrected chi connectivity index (χ4v) is 5.39. The monoisotopic (exact) mass is 473 g/mol. The molecule has 1 heterocycles. The van der Waals surface area contributed by atoms with Crippen molar-refractivity contribution in [1.29, 1.82) is 0 Å². The molecule has 34 heavy (non-hydrogen) atoms. The molecule has 1 aromatic carbocycles. The molecular formula is C30H51NO3. The Morgan fingerprint density at radius 1 is 0.912 bits per heavy atom. The largest absolute Gasteiger partial charge is 0.472 e. The average Bonchev–Trinajstić information content (AvgIpc) is 2.74. The van der Waals surface area contributed by atoms with Gasteiger partial charge in [0.2, 0.25) is 0 Å². The van der Waals surface area contributed by atoms with Gasteiger partial charge in [-0.2, -0.15) is 0 Å². The molecule has 3 atom stereocenters. The zero-order valence-corrected chi connectivity index (χ0v) is 23.3. The molecule has 1 aromatic rings. The molecule has 0 radical (unpaired) electrons. The van der Waals surface area contributed by atoms with Gasteiger partial charge in [-0.15, -0.1) is 0 Å². The molecule has 0 aromatic heterocycles. The predicted molar refractivity (Wildman–Crippen MR) is 143 cm³/mol. The Balaban J connectivity index is 1.82. The van der Waals surface area contributed by atoms with Crippen molar-refractivity contribution >= 4 is 5.97 Å². The van der Waals surface area contributed by atoms with E-state index in [-0.39, 0.29) is 5.97 Å². The number of carbonyl (C=O) groups is 1. The van der Waals surface area contributed by atoms with Gasteiger partial charge < -0.3 is 9.47 Å². The molecule has 0 saturated heterocycles. The Morgan fingerprint density at radius 3 is 2.03 bits per heavy atom. The van der Waals surface area contributed by atoms with Crippen LogP contribution in [0.4, 0.5) is 0 Å². The summed E-state index contributed by atoms with van der Waals surface area (Å²) in [5.74, 6) is 3.71. The van der Waals surface area contributed by atoms with Crippen LogP contribution in [0.5, 0.6) is 11.5 Å². The number of esters is 1. The number of rotatable bonds is 13. The van der Waals surface area contributed by atoms with Crippen LogP contribution in [-0.4, -0.2) is 11.7 Å². The first-order chi connectivity index (χ1) is 15.9. The molecule has 2 N–H and O–H groups in total. The number of hydrogen-bond donors (Lipinski definition) is 1. The molecule has 4 nitrogen and oxygen atoms in total. The second kappa shape index (κ2) is 13.0. The van der Waals surface area contributed by atoms with E-state index in [1.54, 1.807) is 0 Å². The molecule has 0 bridgehead atoms. The number of nitrogens with two attached hydrogens (primary N) is 1. The maximum atomic E-state index is 11.6. The summed E-state index contributed by atoms with van der Waals surface area (Å²) in [4.78, 5) is 11.6. The smallest absolute Gasteiger partial charge is 0.308 e. The van der Waals surface area contributed by atoms with E-state index in [0.717, 1.165) is 71.4 Å². The molecule has 1 aliphatic rings. The van der Waals surface area contributed by atoms with Gasteiger partial charge in [-0.05, 0) is 68.1 Å². The van der Waals surface area contributed by atoms with Crippen LogP contribution >= 0.6 is 0 Å². The minimum Gasteiger partial charge on any atom is -0.472 e. The minimum absolute atomic E-state index is 0.287. The third kappa shape index (κ3) is 8.29. The van der Waals surface area contributed by atoms with Crippen molar-refractivity contribution in [2.45, 2.75) is 132 Å². The summed E-state index contributed by atoms with van der Waals surface area (Å²) in [6.45, 7) is 16.9. The number of benzene rings is 1. The zero-order valence-electron chi connectivity index (χ0n) is 23.3. The van der Waals surface area contributed by atoms with Gasteiger partial charge in [0.1, 0.15) is 11.5 Å². The molecule has 0 amide bonds. The Morgan fingerprint density at radius 2 is 1.47 bits per heavy atom. The molecule has 4 heteroatoms. The van der Waals surface area contributed by atoms with Gasteiger partial charge in [0.05, 0.1) is 0 Å². The maximum absolute atomic E-state index is 11.6. The van der Waals surface area contributed by atoms with Crippen LogP contribution in [0.15, 0.2) is 0 Å². The molecule has 2 unspecified atom stereocenters. The molecule has 0 saturated carbocycles. The van der Waals surface area contributed by atoms with Crippen molar-refractivity contribution in [3.63, 3.8) is 0 Å². The molecule has 1 aliphatic heterocycles. The number of carbonyl (C=O) groups excluding carboxylic acids is 1. The van der Waals surface area contributed by atoms with E-state index in [4.69, 9.17) is 15.2 Å². The van der Waals surface area contributed by atoms with Crippen molar-refractivity contribution in [2.24, 2.45) is 23.5 Å². The summed E-state index contributed by atoms with van der Waals surface area (Å²) in [5, 5.41) is 0. The first kappa shape index (κ1) is 28.7. The summed E-state index contributed by atoms with van der Waals surface area (Å²) in [5.41, 5.74) is 10.3. The van der Waals surface area contributed by atoms with Crippen LogP contribution in [0.3, 0.4) is 0 Å². The standard InChI is InChI=1S/C30H51NO3/c1-20(2)12-9-13-21(3)14-10-15-22(4)16-11-18-30(31)19-17-27-25(7)28(33-26(8)32)23(5)24(6)29(27)34-30/h20-22H,9-19,31H2,1-8H3/t21?,22?,30-/m1/s1. The van der Waals surface area contributed by atoms with Crippen LogP contribution < -0.4 is 15.2 Å². The summed E-state index contributed by atoms with van der Waals surface area (Å²) < 4.78 is 12.0. The molecular weight excluding hydrogens is 422 g/mol. The van der Waals surface area contributed by atoms with Gasteiger partial charge >= 0.3 is 5.97 Å². The van der Waals surface area contributed by atoms with E-state index in [1.165, 1.54) is 51.9 Å². The first-order valence-electron chi connectivity index (χ1n) is 13.7. The third-order valence-electron chi connectivity index (χ3n) is 7.83. The molecule has 0 aliphatic carbocycles. The highest BCUT2D eigenvalue weighted by molar-refractivity contribution is 5.72. The van der Waals surface area contributed by atoms with Gasteiger partial charge in [-0.25, -0.2) is 0 Å². The van der Waals surface area contributed by atoms with Crippen molar-refractivity contribution in [2.75, 3.05) is 0 Å². The fraction of sp³-hybridized carbons (Fsp3) is 0.767. The van der Waals surface area contributed by atoms with E-state index in [1.807, 2.05) is 20.8 Å². The first-order valence-corrected chi connectivity index (χ1v) is 13.7. The molecule has 194 valence electrons. The van der Waals surface area contributed by atoms with E-state index < -0.39 is 5.72 Å². The van der Waals surface area contributed by atoms with E-state index in [9.17, 15) is 4.79 Å². The Labute approximate surface area is 209 Å². The highest BCUT2D eigenvalue weighted by atomic mass is 16.5. The lowest BCUT2D eigenvalue weighted by atomic mass is 9.87. The Hall–Kier alpha value is -1.55. The van der Waals surface area contributed by atoms with E-state index in [2.05, 4.69) is 27.7 Å². The molecule has 0 fully saturated rings. The van der Waals surface area contributed by atoms with Gasteiger partial charge in [0, 0.05) is 25.3 Å². The van der Waals surface area contributed by atoms with Crippen molar-refractivity contribution in [1.82, 2.24) is 0 Å². The van der Waals surface area contributed by atoms with Crippen molar-refractivity contribution < 1.29 is 14.3 Å². The van der Waals surface area contributed by atoms with Crippen molar-refractivity contribution in [3.05, 3.63) is 22.3 Å². The van der Waals surface area contributed by atoms with Crippen LogP contribution in [0, 0.1) is 38.5 Å².